The second-order valence-electron chi connectivity index (χ2n) is 7.77. The molecule has 1 heterocycles. The maximum Gasteiger partial charge on any atom is 0.290 e. The van der Waals surface area contributed by atoms with Crippen LogP contribution in [-0.2, 0) is 19.1 Å². The number of carbonyl (C=O) groups excluding carboxylic acids is 1. The molecule has 0 unspecified atom stereocenters. The number of methoxy groups -OCH3 is 1. The number of morpholine rings is 1. The third-order valence-corrected chi connectivity index (χ3v) is 6.21. The lowest BCUT2D eigenvalue weighted by molar-refractivity contribution is -0.141. The van der Waals surface area contributed by atoms with Crippen LogP contribution in [0.15, 0.2) is 0 Å². The second kappa shape index (κ2) is 10.2. The maximum absolute atomic E-state index is 13.2. The molecule has 0 atom stereocenters. The van der Waals surface area contributed by atoms with E-state index < -0.39 is 0 Å². The Morgan fingerprint density at radius 1 is 1.15 bits per heavy atom. The van der Waals surface area contributed by atoms with Crippen molar-refractivity contribution in [3.63, 3.8) is 0 Å². The van der Waals surface area contributed by atoms with Crippen molar-refractivity contribution in [3.05, 3.63) is 0 Å². The standard InChI is InChI=1S/C18H32N2O3.CH2O2/c1-22-15-17(6-5-7-17)14-19-16(21)18(8-3-2-4-9-18)20-10-12-23-13-11-20;2-1-3/h2-15H2,1H3,(H,19,21);1H,(H,2,3). The van der Waals surface area contributed by atoms with Gasteiger partial charge in [-0.1, -0.05) is 25.7 Å². The quantitative estimate of drug-likeness (QED) is 0.692. The first-order chi connectivity index (χ1) is 12.6. The molecule has 2 saturated carbocycles. The van der Waals surface area contributed by atoms with Crippen LogP contribution >= 0.6 is 0 Å². The average Bonchev–Trinajstić information content (AvgIpc) is 2.65. The molecule has 3 fully saturated rings. The van der Waals surface area contributed by atoms with E-state index in [-0.39, 0.29) is 23.3 Å². The molecule has 2 N–H and O–H groups in total. The fourth-order valence-corrected chi connectivity index (χ4v) is 4.60. The number of hydrogen-bond acceptors (Lipinski definition) is 5. The maximum atomic E-state index is 13.2. The van der Waals surface area contributed by atoms with Crippen molar-refractivity contribution in [2.75, 3.05) is 46.6 Å². The van der Waals surface area contributed by atoms with Gasteiger partial charge in [0, 0.05) is 32.2 Å². The highest BCUT2D eigenvalue weighted by Crippen LogP contribution is 2.41. The Hall–Kier alpha value is -1.18. The van der Waals surface area contributed by atoms with Gasteiger partial charge in [-0.3, -0.25) is 14.5 Å². The first-order valence-corrected chi connectivity index (χ1v) is 9.80. The summed E-state index contributed by atoms with van der Waals surface area (Å²) in [6, 6.07) is 0. The Morgan fingerprint density at radius 2 is 1.77 bits per heavy atom. The molecule has 7 nitrogen and oxygen atoms in total. The summed E-state index contributed by atoms with van der Waals surface area (Å²) in [5, 5.41) is 10.2. The summed E-state index contributed by atoms with van der Waals surface area (Å²) in [5.74, 6) is 0.251. The molecule has 0 aromatic heterocycles. The van der Waals surface area contributed by atoms with Gasteiger partial charge >= 0.3 is 0 Å². The van der Waals surface area contributed by atoms with Crippen molar-refractivity contribution in [3.8, 4) is 0 Å². The van der Waals surface area contributed by atoms with Gasteiger partial charge in [-0.15, -0.1) is 0 Å². The molecule has 7 heteroatoms. The van der Waals surface area contributed by atoms with Crippen molar-refractivity contribution in [1.82, 2.24) is 10.2 Å². The Balaban J connectivity index is 0.000000758. The van der Waals surface area contributed by atoms with Crippen LogP contribution in [0.1, 0.15) is 51.4 Å². The first-order valence-electron chi connectivity index (χ1n) is 9.80. The number of nitrogens with zero attached hydrogens (tertiary/aromatic N) is 1. The third-order valence-electron chi connectivity index (χ3n) is 6.21. The molecule has 2 aliphatic carbocycles. The molecule has 150 valence electrons. The van der Waals surface area contributed by atoms with Gasteiger partial charge in [-0.25, -0.2) is 0 Å². The fourth-order valence-electron chi connectivity index (χ4n) is 4.60. The van der Waals surface area contributed by atoms with Crippen molar-refractivity contribution < 1.29 is 24.2 Å². The minimum absolute atomic E-state index is 0.186. The minimum atomic E-state index is -0.292. The summed E-state index contributed by atoms with van der Waals surface area (Å²) in [5.41, 5.74) is -0.106. The molecule has 3 rings (SSSR count). The lowest BCUT2D eigenvalue weighted by Gasteiger charge is -2.48. The zero-order chi connectivity index (χ0) is 18.9. The zero-order valence-corrected chi connectivity index (χ0v) is 16.0. The predicted molar refractivity (Wildman–Crippen MR) is 98.1 cm³/mol. The first kappa shape index (κ1) is 21.1. The molecule has 1 aliphatic heterocycles. The van der Waals surface area contributed by atoms with Crippen molar-refractivity contribution in [2.24, 2.45) is 5.41 Å². The molecule has 0 aromatic rings. The van der Waals surface area contributed by atoms with Gasteiger partial charge in [-0.2, -0.15) is 0 Å². The van der Waals surface area contributed by atoms with Gasteiger partial charge in [0.05, 0.1) is 19.8 Å². The SMILES string of the molecule is COCC1(CNC(=O)C2(N3CCOCC3)CCCCC2)CCC1.O=CO. The minimum Gasteiger partial charge on any atom is -0.483 e. The zero-order valence-electron chi connectivity index (χ0n) is 16.0. The molecule has 0 radical (unpaired) electrons. The second-order valence-corrected chi connectivity index (χ2v) is 7.77. The molecule has 1 saturated heterocycles. The van der Waals surface area contributed by atoms with E-state index in [9.17, 15) is 4.79 Å². The van der Waals surface area contributed by atoms with Gasteiger partial charge < -0.3 is 19.9 Å². The number of rotatable bonds is 6. The highest BCUT2D eigenvalue weighted by molar-refractivity contribution is 5.86. The molecule has 1 amide bonds. The van der Waals surface area contributed by atoms with Crippen LogP contribution in [0.4, 0.5) is 0 Å². The van der Waals surface area contributed by atoms with Crippen molar-refractivity contribution in [1.29, 1.82) is 0 Å². The highest BCUT2D eigenvalue weighted by atomic mass is 16.5. The molecular weight excluding hydrogens is 336 g/mol. The Labute approximate surface area is 156 Å². The van der Waals surface area contributed by atoms with Crippen LogP contribution in [0.3, 0.4) is 0 Å². The van der Waals surface area contributed by atoms with E-state index in [1.807, 2.05) is 0 Å². The van der Waals surface area contributed by atoms with Gasteiger partial charge in [0.1, 0.15) is 5.54 Å². The number of carboxylic acid groups (broad SMARTS) is 1. The van der Waals surface area contributed by atoms with E-state index >= 15 is 0 Å². The molecule has 26 heavy (non-hydrogen) atoms. The van der Waals surface area contributed by atoms with Crippen molar-refractivity contribution in [2.45, 2.75) is 56.9 Å². The van der Waals surface area contributed by atoms with E-state index in [4.69, 9.17) is 19.4 Å². The number of carbonyl (C=O) groups is 2. The van der Waals surface area contributed by atoms with Gasteiger partial charge in [0.15, 0.2) is 0 Å². The predicted octanol–water partition coefficient (Wildman–Crippen LogP) is 1.66. The van der Waals surface area contributed by atoms with Crippen LogP contribution in [0.25, 0.3) is 0 Å². The van der Waals surface area contributed by atoms with E-state index in [1.165, 1.54) is 25.7 Å². The summed E-state index contributed by atoms with van der Waals surface area (Å²) in [6.45, 7) is 4.56. The summed E-state index contributed by atoms with van der Waals surface area (Å²) in [7, 11) is 1.76. The van der Waals surface area contributed by atoms with E-state index in [0.717, 1.165) is 65.1 Å². The van der Waals surface area contributed by atoms with Crippen molar-refractivity contribution >= 4 is 12.4 Å². The summed E-state index contributed by atoms with van der Waals surface area (Å²) >= 11 is 0. The van der Waals surface area contributed by atoms with E-state index in [1.54, 1.807) is 7.11 Å². The number of nitrogens with one attached hydrogen (secondary N) is 1. The Kier molecular flexibility index (Phi) is 8.31. The van der Waals surface area contributed by atoms with E-state index in [0.29, 0.717) is 0 Å². The topological polar surface area (TPSA) is 88.1 Å². The fraction of sp³-hybridized carbons (Fsp3) is 0.895. The van der Waals surface area contributed by atoms with Gasteiger partial charge in [0.25, 0.3) is 6.47 Å². The number of amides is 1. The molecule has 0 spiro atoms. The van der Waals surface area contributed by atoms with Crippen LogP contribution in [0.2, 0.25) is 0 Å². The lowest BCUT2D eigenvalue weighted by Crippen LogP contribution is -2.63. The summed E-state index contributed by atoms with van der Waals surface area (Å²) in [4.78, 5) is 23.9. The number of hydrogen-bond donors (Lipinski definition) is 2. The van der Waals surface area contributed by atoms with E-state index in [2.05, 4.69) is 10.2 Å². The van der Waals surface area contributed by atoms with Gasteiger partial charge in [-0.05, 0) is 25.7 Å². The van der Waals surface area contributed by atoms with Gasteiger partial charge in [0.2, 0.25) is 5.91 Å². The highest BCUT2D eigenvalue weighted by Gasteiger charge is 2.46. The Bertz CT molecular complexity index is 441. The Morgan fingerprint density at radius 3 is 2.27 bits per heavy atom. The van der Waals surface area contributed by atoms with Crippen LogP contribution in [-0.4, -0.2) is 74.5 Å². The molecule has 0 bridgehead atoms. The van der Waals surface area contributed by atoms with Crippen LogP contribution in [0, 0.1) is 5.41 Å². The summed E-state index contributed by atoms with van der Waals surface area (Å²) in [6.07, 6.45) is 9.17. The third kappa shape index (κ3) is 4.96. The molecule has 3 aliphatic rings. The molecule has 0 aromatic carbocycles. The molecular formula is C19H34N2O5. The normalized spacial score (nSPS) is 24.5. The lowest BCUT2D eigenvalue weighted by atomic mass is 9.69. The average molecular weight is 370 g/mol. The van der Waals surface area contributed by atoms with Crippen LogP contribution in [0.5, 0.6) is 0 Å². The smallest absolute Gasteiger partial charge is 0.290 e. The largest absolute Gasteiger partial charge is 0.483 e. The van der Waals surface area contributed by atoms with Crippen LogP contribution < -0.4 is 5.32 Å². The number of ether oxygens (including phenoxy) is 2. The summed E-state index contributed by atoms with van der Waals surface area (Å²) < 4.78 is 10.9. The monoisotopic (exact) mass is 370 g/mol.